The summed E-state index contributed by atoms with van der Waals surface area (Å²) in [4.78, 5) is 32.7. The first kappa shape index (κ1) is 22.6. The van der Waals surface area contributed by atoms with Crippen LogP contribution in [-0.4, -0.2) is 30.2 Å². The summed E-state index contributed by atoms with van der Waals surface area (Å²) in [5.41, 5.74) is 1.70. The number of carbonyl (C=O) groups excluding carboxylic acids is 2. The lowest BCUT2D eigenvalue weighted by Crippen LogP contribution is -2.16. The van der Waals surface area contributed by atoms with Gasteiger partial charge in [0, 0.05) is 34.9 Å². The van der Waals surface area contributed by atoms with E-state index < -0.39 is 15.9 Å². The molecule has 34 heavy (non-hydrogen) atoms. The van der Waals surface area contributed by atoms with Gasteiger partial charge in [0.2, 0.25) is 5.95 Å². The third-order valence-electron chi connectivity index (χ3n) is 4.63. The molecule has 0 bridgehead atoms. The Labute approximate surface area is 196 Å². The fourth-order valence-corrected chi connectivity index (χ4v) is 3.94. The Kier molecular flexibility index (Phi) is 6.60. The lowest BCUT2D eigenvalue weighted by molar-refractivity contribution is 0.101. The molecule has 170 valence electrons. The molecule has 2 amide bonds. The van der Waals surface area contributed by atoms with Crippen LogP contribution in [-0.2, 0) is 10.0 Å². The van der Waals surface area contributed by atoms with Crippen molar-refractivity contribution in [1.82, 2.24) is 9.97 Å². The standard InChI is InChI=1S/C24H19N5O4S/c30-22(17-6-2-1-3-7-17)28-20-9-4-8-18(16-20)23(31)27-19-10-12-21(13-11-19)34(32,33)29-24-25-14-5-15-26-24/h1-16H,(H,27,31)(H,28,30)(H,25,26,29). The Morgan fingerprint density at radius 3 is 1.97 bits per heavy atom. The largest absolute Gasteiger partial charge is 0.322 e. The minimum absolute atomic E-state index is 0.0106. The summed E-state index contributed by atoms with van der Waals surface area (Å²) in [6.07, 6.45) is 2.84. The van der Waals surface area contributed by atoms with E-state index in [1.807, 2.05) is 6.07 Å². The second-order valence-corrected chi connectivity index (χ2v) is 8.74. The number of hydrogen-bond donors (Lipinski definition) is 3. The van der Waals surface area contributed by atoms with Gasteiger partial charge in [0.15, 0.2) is 0 Å². The van der Waals surface area contributed by atoms with Crippen molar-refractivity contribution in [3.8, 4) is 0 Å². The highest BCUT2D eigenvalue weighted by atomic mass is 32.2. The van der Waals surface area contributed by atoms with Crippen molar-refractivity contribution in [3.05, 3.63) is 108 Å². The van der Waals surface area contributed by atoms with E-state index in [9.17, 15) is 18.0 Å². The van der Waals surface area contributed by atoms with Crippen LogP contribution in [0.1, 0.15) is 20.7 Å². The van der Waals surface area contributed by atoms with E-state index in [1.165, 1.54) is 36.7 Å². The molecule has 0 aliphatic rings. The molecule has 0 saturated heterocycles. The van der Waals surface area contributed by atoms with Gasteiger partial charge in [-0.1, -0.05) is 24.3 Å². The van der Waals surface area contributed by atoms with Crippen molar-refractivity contribution in [2.75, 3.05) is 15.4 Å². The zero-order chi connectivity index (χ0) is 24.0. The van der Waals surface area contributed by atoms with Gasteiger partial charge >= 0.3 is 0 Å². The Morgan fingerprint density at radius 1 is 0.647 bits per heavy atom. The van der Waals surface area contributed by atoms with Gasteiger partial charge in [-0.3, -0.25) is 9.59 Å². The molecule has 0 aliphatic heterocycles. The van der Waals surface area contributed by atoms with Crippen LogP contribution in [0.2, 0.25) is 0 Å². The monoisotopic (exact) mass is 473 g/mol. The molecule has 0 spiro atoms. The van der Waals surface area contributed by atoms with Crippen molar-refractivity contribution in [2.45, 2.75) is 4.90 Å². The molecular weight excluding hydrogens is 454 g/mol. The predicted octanol–water partition coefficient (Wildman–Crippen LogP) is 3.78. The van der Waals surface area contributed by atoms with Crippen LogP contribution >= 0.6 is 0 Å². The van der Waals surface area contributed by atoms with E-state index in [0.29, 0.717) is 22.5 Å². The predicted molar refractivity (Wildman–Crippen MR) is 128 cm³/mol. The van der Waals surface area contributed by atoms with Crippen LogP contribution in [0.3, 0.4) is 0 Å². The van der Waals surface area contributed by atoms with Gasteiger partial charge in [0.1, 0.15) is 0 Å². The lowest BCUT2D eigenvalue weighted by atomic mass is 10.1. The Bertz CT molecular complexity index is 1410. The number of nitrogens with one attached hydrogen (secondary N) is 3. The second-order valence-electron chi connectivity index (χ2n) is 7.06. The van der Waals surface area contributed by atoms with Crippen molar-refractivity contribution in [1.29, 1.82) is 0 Å². The average Bonchev–Trinajstić information content (AvgIpc) is 2.85. The topological polar surface area (TPSA) is 130 Å². The quantitative estimate of drug-likeness (QED) is 0.374. The number of hydrogen-bond acceptors (Lipinski definition) is 6. The molecule has 0 atom stereocenters. The molecule has 3 aromatic carbocycles. The van der Waals surface area contributed by atoms with Gasteiger partial charge in [0.25, 0.3) is 21.8 Å². The fourth-order valence-electron chi connectivity index (χ4n) is 2.98. The van der Waals surface area contributed by atoms with E-state index in [0.717, 1.165) is 0 Å². The normalized spacial score (nSPS) is 10.8. The summed E-state index contributed by atoms with van der Waals surface area (Å²) < 4.78 is 27.2. The Balaban J connectivity index is 1.42. The SMILES string of the molecule is O=C(Nc1cccc(C(=O)Nc2ccc(S(=O)(=O)Nc3ncccn3)cc2)c1)c1ccccc1. The van der Waals surface area contributed by atoms with Crippen LogP contribution in [0, 0.1) is 0 Å². The number of nitrogens with zero attached hydrogens (tertiary/aromatic N) is 2. The molecule has 10 heteroatoms. The minimum atomic E-state index is -3.88. The van der Waals surface area contributed by atoms with E-state index in [1.54, 1.807) is 54.6 Å². The molecule has 3 N–H and O–H groups in total. The average molecular weight is 474 g/mol. The molecule has 0 fully saturated rings. The molecule has 0 radical (unpaired) electrons. The smallest absolute Gasteiger partial charge is 0.264 e. The highest BCUT2D eigenvalue weighted by Gasteiger charge is 2.16. The summed E-state index contributed by atoms with van der Waals surface area (Å²) in [5.74, 6) is -0.745. The van der Waals surface area contributed by atoms with Gasteiger partial charge in [0.05, 0.1) is 4.90 Å². The summed E-state index contributed by atoms with van der Waals surface area (Å²) in [5, 5.41) is 5.47. The van der Waals surface area contributed by atoms with E-state index in [-0.39, 0.29) is 16.8 Å². The van der Waals surface area contributed by atoms with E-state index in [4.69, 9.17) is 0 Å². The van der Waals surface area contributed by atoms with Crippen molar-refractivity contribution >= 4 is 39.2 Å². The Morgan fingerprint density at radius 2 is 1.26 bits per heavy atom. The maximum atomic E-state index is 12.7. The zero-order valence-electron chi connectivity index (χ0n) is 17.7. The number of rotatable bonds is 7. The summed E-state index contributed by atoms with van der Waals surface area (Å²) >= 11 is 0. The molecule has 0 saturated carbocycles. The summed E-state index contributed by atoms with van der Waals surface area (Å²) in [6, 6.07) is 22.5. The van der Waals surface area contributed by atoms with Crippen molar-refractivity contribution in [3.63, 3.8) is 0 Å². The van der Waals surface area contributed by atoms with Gasteiger partial charge < -0.3 is 10.6 Å². The molecule has 9 nitrogen and oxygen atoms in total. The molecule has 1 aromatic heterocycles. The second kappa shape index (κ2) is 9.92. The highest BCUT2D eigenvalue weighted by molar-refractivity contribution is 7.92. The number of aromatic nitrogens is 2. The van der Waals surface area contributed by atoms with Crippen LogP contribution in [0.4, 0.5) is 17.3 Å². The zero-order valence-corrected chi connectivity index (χ0v) is 18.5. The maximum absolute atomic E-state index is 12.7. The third-order valence-corrected chi connectivity index (χ3v) is 5.98. The molecule has 0 aliphatic carbocycles. The maximum Gasteiger partial charge on any atom is 0.264 e. The van der Waals surface area contributed by atoms with Crippen LogP contribution in [0.5, 0.6) is 0 Å². The first-order valence-corrected chi connectivity index (χ1v) is 11.6. The highest BCUT2D eigenvalue weighted by Crippen LogP contribution is 2.18. The molecule has 0 unspecified atom stereocenters. The number of sulfonamides is 1. The third kappa shape index (κ3) is 5.61. The molecular formula is C24H19N5O4S. The fraction of sp³-hybridized carbons (Fsp3) is 0. The molecule has 1 heterocycles. The number of amides is 2. The van der Waals surface area contributed by atoms with Crippen LogP contribution in [0.15, 0.2) is 102 Å². The van der Waals surface area contributed by atoms with Gasteiger partial charge in [-0.15, -0.1) is 0 Å². The summed E-state index contributed by atoms with van der Waals surface area (Å²) in [6.45, 7) is 0. The van der Waals surface area contributed by atoms with Gasteiger partial charge in [-0.25, -0.2) is 23.1 Å². The van der Waals surface area contributed by atoms with E-state index >= 15 is 0 Å². The minimum Gasteiger partial charge on any atom is -0.322 e. The van der Waals surface area contributed by atoms with Crippen LogP contribution in [0.25, 0.3) is 0 Å². The number of benzene rings is 3. The number of anilines is 3. The van der Waals surface area contributed by atoms with Crippen molar-refractivity contribution in [2.24, 2.45) is 0 Å². The van der Waals surface area contributed by atoms with Gasteiger partial charge in [-0.05, 0) is 60.7 Å². The van der Waals surface area contributed by atoms with Crippen LogP contribution < -0.4 is 15.4 Å². The number of carbonyl (C=O) groups is 2. The molecule has 4 rings (SSSR count). The Hall–Kier alpha value is -4.57. The lowest BCUT2D eigenvalue weighted by Gasteiger charge is -2.10. The van der Waals surface area contributed by atoms with Crippen molar-refractivity contribution < 1.29 is 18.0 Å². The first-order valence-electron chi connectivity index (χ1n) is 10.1. The van der Waals surface area contributed by atoms with Gasteiger partial charge in [-0.2, -0.15) is 0 Å². The first-order chi connectivity index (χ1) is 16.4. The van der Waals surface area contributed by atoms with E-state index in [2.05, 4.69) is 25.3 Å². The molecule has 4 aromatic rings. The summed E-state index contributed by atoms with van der Waals surface area (Å²) in [7, 11) is -3.88.